The van der Waals surface area contributed by atoms with Crippen molar-refractivity contribution in [2.75, 3.05) is 37.3 Å². The van der Waals surface area contributed by atoms with Gasteiger partial charge in [-0.25, -0.2) is 4.98 Å². The van der Waals surface area contributed by atoms with Crippen LogP contribution in [0.3, 0.4) is 0 Å². The van der Waals surface area contributed by atoms with E-state index in [4.69, 9.17) is 0 Å². The molecule has 4 nitrogen and oxygen atoms in total. The average Bonchev–Trinajstić information content (AvgIpc) is 2.29. The Morgan fingerprint density at radius 2 is 2.19 bits per heavy atom. The molecule has 0 saturated carbocycles. The molecule has 1 aliphatic rings. The second-order valence-electron chi connectivity index (χ2n) is 4.07. The van der Waals surface area contributed by atoms with Gasteiger partial charge in [-0.2, -0.15) is 0 Å². The summed E-state index contributed by atoms with van der Waals surface area (Å²) in [6.45, 7) is 3.76. The van der Waals surface area contributed by atoms with Crippen LogP contribution in [0.4, 0.5) is 5.69 Å². The van der Waals surface area contributed by atoms with Gasteiger partial charge < -0.3 is 10.2 Å². The average molecular weight is 239 g/mol. The van der Waals surface area contributed by atoms with Crippen molar-refractivity contribution in [1.82, 2.24) is 10.3 Å². The van der Waals surface area contributed by atoms with E-state index >= 15 is 0 Å². The molecule has 1 aromatic rings. The van der Waals surface area contributed by atoms with Crippen molar-refractivity contribution in [1.29, 1.82) is 0 Å². The first-order valence-corrected chi connectivity index (χ1v) is 7.45. The summed E-state index contributed by atoms with van der Waals surface area (Å²) < 4.78 is 12.0. The van der Waals surface area contributed by atoms with Crippen LogP contribution in [0.5, 0.6) is 0 Å². The Hall–Kier alpha value is -1.07. The molecule has 1 N–H and O–H groups in total. The van der Waals surface area contributed by atoms with Gasteiger partial charge in [0.05, 0.1) is 5.69 Å². The summed E-state index contributed by atoms with van der Waals surface area (Å²) in [5.74, 6) is 3.72. The molecule has 1 aliphatic heterocycles. The number of aromatic nitrogens is 1. The normalized spacial score (nSPS) is 20.4. The van der Waals surface area contributed by atoms with Gasteiger partial charge in [0, 0.05) is 48.2 Å². The molecule has 1 atom stereocenters. The molecule has 2 rings (SSSR count). The lowest BCUT2D eigenvalue weighted by atomic mass is 10.3. The van der Waals surface area contributed by atoms with Crippen LogP contribution in [-0.4, -0.2) is 47.5 Å². The van der Waals surface area contributed by atoms with Gasteiger partial charge in [0.25, 0.3) is 0 Å². The topological polar surface area (TPSA) is 45.2 Å². The van der Waals surface area contributed by atoms with Crippen LogP contribution < -0.4 is 10.2 Å². The second kappa shape index (κ2) is 4.43. The highest BCUT2D eigenvalue weighted by Gasteiger charge is 2.17. The van der Waals surface area contributed by atoms with Gasteiger partial charge in [0.15, 0.2) is 0 Å². The Morgan fingerprint density at radius 1 is 1.50 bits per heavy atom. The summed E-state index contributed by atoms with van der Waals surface area (Å²) in [7, 11) is -2.26. The van der Waals surface area contributed by atoms with Crippen LogP contribution in [0.15, 0.2) is 23.4 Å². The van der Waals surface area contributed by atoms with E-state index in [-0.39, 0.29) is 0 Å². The van der Waals surface area contributed by atoms with Crippen LogP contribution in [-0.2, 0) is 9.52 Å². The highest BCUT2D eigenvalue weighted by molar-refractivity contribution is 7.99. The number of nitrogens with one attached hydrogen (secondary N) is 1. The van der Waals surface area contributed by atoms with Gasteiger partial charge in [0.1, 0.15) is 5.03 Å². The zero-order valence-corrected chi connectivity index (χ0v) is 10.3. The summed E-state index contributed by atoms with van der Waals surface area (Å²) in [4.78, 5) is 6.44. The monoisotopic (exact) mass is 239 g/mol. The van der Waals surface area contributed by atoms with Gasteiger partial charge in [-0.3, -0.25) is 4.21 Å². The van der Waals surface area contributed by atoms with Gasteiger partial charge in [-0.05, 0) is 18.0 Å². The van der Waals surface area contributed by atoms with Crippen molar-refractivity contribution >= 4 is 21.1 Å². The number of hydrogen-bond acceptors (Lipinski definition) is 4. The van der Waals surface area contributed by atoms with E-state index in [1.54, 1.807) is 12.5 Å². The van der Waals surface area contributed by atoms with Crippen molar-refractivity contribution in [2.45, 2.75) is 5.03 Å². The van der Waals surface area contributed by atoms with Crippen LogP contribution >= 0.6 is 0 Å². The fourth-order valence-corrected chi connectivity index (χ4v) is 2.78. The lowest BCUT2D eigenvalue weighted by Crippen LogP contribution is -2.44. The number of rotatable bonds is 2. The SMILES string of the molecule is C=S(C)(=O)c1ncccc1N1CCNCC1. The lowest BCUT2D eigenvalue weighted by Gasteiger charge is -2.30. The Balaban J connectivity index is 2.40. The molecule has 0 amide bonds. The maximum absolute atomic E-state index is 12.0. The maximum Gasteiger partial charge on any atom is 0.141 e. The molecule has 1 saturated heterocycles. The summed E-state index contributed by atoms with van der Waals surface area (Å²) in [6, 6.07) is 3.86. The molecule has 5 heteroatoms. The quantitative estimate of drug-likeness (QED) is 0.749. The highest BCUT2D eigenvalue weighted by Crippen LogP contribution is 2.22. The standard InChI is InChI=1S/C11H17N3OS/c1-16(2,15)11-10(4-3-5-13-11)14-8-6-12-7-9-14/h3-5,12H,1,6-9H2,2H3. The maximum atomic E-state index is 12.0. The Bertz CT molecular complexity index is 464. The first-order valence-electron chi connectivity index (χ1n) is 5.32. The smallest absolute Gasteiger partial charge is 0.141 e. The zero-order valence-electron chi connectivity index (χ0n) is 9.48. The molecule has 2 heterocycles. The predicted octanol–water partition coefficient (Wildman–Crippen LogP) is 0.196. The van der Waals surface area contributed by atoms with E-state index in [2.05, 4.69) is 21.1 Å². The Morgan fingerprint density at radius 3 is 2.81 bits per heavy atom. The fourth-order valence-electron chi connectivity index (χ4n) is 1.86. The minimum absolute atomic E-state index is 0.622. The summed E-state index contributed by atoms with van der Waals surface area (Å²) in [5, 5.41) is 3.92. The van der Waals surface area contributed by atoms with Gasteiger partial charge in [-0.1, -0.05) is 0 Å². The third-order valence-electron chi connectivity index (χ3n) is 2.62. The molecule has 0 aliphatic carbocycles. The van der Waals surface area contributed by atoms with Gasteiger partial charge >= 0.3 is 0 Å². The van der Waals surface area contributed by atoms with Gasteiger partial charge in [-0.15, -0.1) is 0 Å². The second-order valence-corrected chi connectivity index (χ2v) is 6.47. The largest absolute Gasteiger partial charge is 0.367 e. The number of hydrogen-bond donors (Lipinski definition) is 1. The fraction of sp³-hybridized carbons (Fsp3) is 0.455. The van der Waals surface area contributed by atoms with Crippen LogP contribution in [0.1, 0.15) is 0 Å². The van der Waals surface area contributed by atoms with E-state index < -0.39 is 9.52 Å². The summed E-state index contributed by atoms with van der Waals surface area (Å²) >= 11 is 0. The van der Waals surface area contributed by atoms with E-state index in [9.17, 15) is 4.21 Å². The lowest BCUT2D eigenvalue weighted by molar-refractivity contribution is 0.584. The van der Waals surface area contributed by atoms with E-state index in [1.165, 1.54) is 0 Å². The van der Waals surface area contributed by atoms with Crippen LogP contribution in [0.2, 0.25) is 0 Å². The van der Waals surface area contributed by atoms with Crippen molar-refractivity contribution < 1.29 is 4.21 Å². The molecule has 1 fully saturated rings. The zero-order chi connectivity index (χ0) is 11.6. The third kappa shape index (κ3) is 2.36. The number of piperazine rings is 1. The number of anilines is 1. The molecule has 1 unspecified atom stereocenters. The van der Waals surface area contributed by atoms with Gasteiger partial charge in [0.2, 0.25) is 0 Å². The first kappa shape index (κ1) is 11.4. The van der Waals surface area contributed by atoms with Crippen molar-refractivity contribution in [3.63, 3.8) is 0 Å². The van der Waals surface area contributed by atoms with Crippen molar-refractivity contribution in [3.8, 4) is 0 Å². The highest BCUT2D eigenvalue weighted by atomic mass is 32.2. The molecule has 0 spiro atoms. The molecular weight excluding hydrogens is 222 g/mol. The molecule has 88 valence electrons. The number of pyridine rings is 1. The summed E-state index contributed by atoms with van der Waals surface area (Å²) in [6.07, 6.45) is 3.32. The molecule has 0 radical (unpaired) electrons. The minimum atomic E-state index is -2.26. The minimum Gasteiger partial charge on any atom is -0.367 e. The Kier molecular flexibility index (Phi) is 3.16. The van der Waals surface area contributed by atoms with E-state index in [0.29, 0.717) is 5.03 Å². The van der Waals surface area contributed by atoms with Crippen LogP contribution in [0, 0.1) is 0 Å². The molecule has 0 bridgehead atoms. The van der Waals surface area contributed by atoms with Crippen molar-refractivity contribution in [2.24, 2.45) is 0 Å². The summed E-state index contributed by atoms with van der Waals surface area (Å²) in [5.41, 5.74) is 0.964. The van der Waals surface area contributed by atoms with Crippen LogP contribution in [0.25, 0.3) is 0 Å². The first-order chi connectivity index (χ1) is 7.59. The molecular formula is C11H17N3OS. The number of nitrogens with zero attached hydrogens (tertiary/aromatic N) is 2. The van der Waals surface area contributed by atoms with Crippen molar-refractivity contribution in [3.05, 3.63) is 18.3 Å². The predicted molar refractivity (Wildman–Crippen MR) is 68.8 cm³/mol. The van der Waals surface area contributed by atoms with E-state index in [0.717, 1.165) is 31.9 Å². The molecule has 0 aromatic carbocycles. The molecule has 16 heavy (non-hydrogen) atoms. The third-order valence-corrected chi connectivity index (χ3v) is 3.75. The Labute approximate surface area is 96.7 Å². The van der Waals surface area contributed by atoms with E-state index in [1.807, 2.05) is 12.1 Å². The molecule has 1 aromatic heterocycles.